The standard InChI is InChI=1S/C27H43ClN4O5/c1-29-17-23(16-19-7-3-4-11-24(19)33)31-26(34)32-13-6-9-21(18-32)25(20-8-5-10-22(28)15-20)37-14-12-30-27(35)36-2/h5,8,10,15,19,21,23-25,29,33H,3-4,6-7,9,11-14,16-18H2,1-2H3,(H,30,35)(H,31,34)/t19-,21-,23+,24+,25?/m1/s1. The molecule has 2 aliphatic rings. The summed E-state index contributed by atoms with van der Waals surface area (Å²) < 4.78 is 10.9. The Labute approximate surface area is 225 Å². The number of likely N-dealkylation sites (tertiary alicyclic amines) is 1. The predicted molar refractivity (Wildman–Crippen MR) is 144 cm³/mol. The van der Waals surface area contributed by atoms with E-state index in [0.717, 1.165) is 50.5 Å². The molecule has 0 aromatic heterocycles. The third-order valence-electron chi connectivity index (χ3n) is 7.44. The van der Waals surface area contributed by atoms with Gasteiger partial charge in [0.05, 0.1) is 25.9 Å². The normalized spacial score (nSPS) is 23.7. The summed E-state index contributed by atoms with van der Waals surface area (Å²) in [7, 11) is 3.21. The van der Waals surface area contributed by atoms with Crippen LogP contribution in [0.3, 0.4) is 0 Å². The Balaban J connectivity index is 1.63. The molecule has 0 bridgehead atoms. The van der Waals surface area contributed by atoms with Gasteiger partial charge in [-0.25, -0.2) is 9.59 Å². The molecule has 1 aromatic carbocycles. The van der Waals surface area contributed by atoms with Crippen LogP contribution in [0.5, 0.6) is 0 Å². The van der Waals surface area contributed by atoms with Crippen molar-refractivity contribution >= 4 is 23.7 Å². The zero-order valence-corrected chi connectivity index (χ0v) is 22.8. The average molecular weight is 539 g/mol. The van der Waals surface area contributed by atoms with Crippen molar-refractivity contribution in [1.29, 1.82) is 0 Å². The summed E-state index contributed by atoms with van der Waals surface area (Å²) in [6, 6.07) is 7.49. The van der Waals surface area contributed by atoms with Gasteiger partial charge in [-0.1, -0.05) is 36.6 Å². The number of methoxy groups -OCH3 is 1. The second-order valence-electron chi connectivity index (χ2n) is 10.2. The second kappa shape index (κ2) is 15.4. The molecular weight excluding hydrogens is 496 g/mol. The first-order valence-electron chi connectivity index (χ1n) is 13.5. The summed E-state index contributed by atoms with van der Waals surface area (Å²) in [6.45, 7) is 2.54. The second-order valence-corrected chi connectivity index (χ2v) is 10.6. The molecule has 9 nitrogen and oxygen atoms in total. The van der Waals surface area contributed by atoms with Gasteiger partial charge in [-0.15, -0.1) is 0 Å². The van der Waals surface area contributed by atoms with Crippen LogP contribution in [0.15, 0.2) is 24.3 Å². The van der Waals surface area contributed by atoms with Crippen molar-refractivity contribution in [1.82, 2.24) is 20.9 Å². The summed E-state index contributed by atoms with van der Waals surface area (Å²) in [5.74, 6) is 0.305. The highest BCUT2D eigenvalue weighted by Crippen LogP contribution is 2.34. The molecule has 1 saturated heterocycles. The van der Waals surface area contributed by atoms with Crippen LogP contribution in [0.25, 0.3) is 0 Å². The van der Waals surface area contributed by atoms with Crippen LogP contribution in [0, 0.1) is 11.8 Å². The number of likely N-dealkylation sites (N-methyl/N-ethyl adjacent to an activating group) is 1. The van der Waals surface area contributed by atoms with Crippen LogP contribution in [0.1, 0.15) is 56.6 Å². The number of nitrogens with one attached hydrogen (secondary N) is 3. The summed E-state index contributed by atoms with van der Waals surface area (Å²) >= 11 is 6.28. The number of amides is 3. The predicted octanol–water partition coefficient (Wildman–Crippen LogP) is 3.70. The van der Waals surface area contributed by atoms with E-state index in [4.69, 9.17) is 16.3 Å². The summed E-state index contributed by atoms with van der Waals surface area (Å²) in [5.41, 5.74) is 0.956. The Morgan fingerprint density at radius 2 is 2.03 bits per heavy atom. The maximum atomic E-state index is 13.3. The molecule has 1 saturated carbocycles. The maximum absolute atomic E-state index is 13.3. The van der Waals surface area contributed by atoms with E-state index in [0.29, 0.717) is 37.8 Å². The van der Waals surface area contributed by atoms with Crippen molar-refractivity contribution in [3.8, 4) is 0 Å². The smallest absolute Gasteiger partial charge is 0.406 e. The molecule has 1 unspecified atom stereocenters. The fourth-order valence-electron chi connectivity index (χ4n) is 5.57. The number of halogens is 1. The quantitative estimate of drug-likeness (QED) is 0.320. The number of carbonyl (C=O) groups excluding carboxylic acids is 2. The van der Waals surface area contributed by atoms with Gasteiger partial charge < -0.3 is 35.4 Å². The highest BCUT2D eigenvalue weighted by atomic mass is 35.5. The minimum absolute atomic E-state index is 0.0417. The fraction of sp³-hybridized carbons (Fsp3) is 0.704. The first kappa shape index (κ1) is 29.5. The van der Waals surface area contributed by atoms with Gasteiger partial charge in [-0.2, -0.15) is 0 Å². The lowest BCUT2D eigenvalue weighted by Gasteiger charge is -2.38. The summed E-state index contributed by atoms with van der Waals surface area (Å²) in [5, 5.41) is 20.1. The molecule has 0 radical (unpaired) electrons. The Kier molecular flexibility index (Phi) is 12.2. The number of ether oxygens (including phenoxy) is 2. The maximum Gasteiger partial charge on any atom is 0.406 e. The summed E-state index contributed by atoms with van der Waals surface area (Å²) in [4.78, 5) is 26.6. The van der Waals surface area contributed by atoms with E-state index >= 15 is 0 Å². The third kappa shape index (κ3) is 9.32. The molecule has 3 rings (SSSR count). The molecule has 5 atom stereocenters. The minimum Gasteiger partial charge on any atom is -0.453 e. The lowest BCUT2D eigenvalue weighted by Crippen LogP contribution is -2.52. The zero-order valence-electron chi connectivity index (χ0n) is 22.1. The molecule has 10 heteroatoms. The van der Waals surface area contributed by atoms with Crippen LogP contribution in [-0.4, -0.2) is 81.2 Å². The van der Waals surface area contributed by atoms with Gasteiger partial charge >= 0.3 is 12.1 Å². The third-order valence-corrected chi connectivity index (χ3v) is 7.67. The number of aliphatic hydroxyl groups excluding tert-OH is 1. The van der Waals surface area contributed by atoms with E-state index in [1.165, 1.54) is 7.11 Å². The van der Waals surface area contributed by atoms with E-state index in [9.17, 15) is 14.7 Å². The van der Waals surface area contributed by atoms with Crippen molar-refractivity contribution in [2.24, 2.45) is 11.8 Å². The van der Waals surface area contributed by atoms with Gasteiger partial charge in [0.2, 0.25) is 0 Å². The SMILES string of the molecule is CNC[C@H](C[C@H]1CCCC[C@@H]1O)NC(=O)N1CCC[C@@H](C(OCCNC(=O)OC)c2cccc(Cl)c2)C1. The van der Waals surface area contributed by atoms with Crippen molar-refractivity contribution in [2.45, 2.75) is 63.2 Å². The number of rotatable bonds is 11. The molecule has 0 spiro atoms. The number of benzene rings is 1. The fourth-order valence-corrected chi connectivity index (χ4v) is 5.77. The van der Waals surface area contributed by atoms with E-state index in [-0.39, 0.29) is 36.1 Å². The molecule has 208 valence electrons. The van der Waals surface area contributed by atoms with Crippen LogP contribution >= 0.6 is 11.6 Å². The van der Waals surface area contributed by atoms with Gasteiger partial charge in [-0.3, -0.25) is 0 Å². The highest BCUT2D eigenvalue weighted by Gasteiger charge is 2.33. The number of alkyl carbamates (subject to hydrolysis) is 1. The molecule has 3 amide bonds. The van der Waals surface area contributed by atoms with E-state index in [2.05, 4.69) is 20.7 Å². The average Bonchev–Trinajstić information content (AvgIpc) is 2.90. The Bertz CT molecular complexity index is 860. The van der Waals surface area contributed by atoms with Crippen LogP contribution in [-0.2, 0) is 9.47 Å². The topological polar surface area (TPSA) is 112 Å². The number of urea groups is 1. The van der Waals surface area contributed by atoms with Gasteiger partial charge in [0.1, 0.15) is 0 Å². The van der Waals surface area contributed by atoms with Gasteiger partial charge in [0.15, 0.2) is 0 Å². The molecule has 1 aromatic rings. The van der Waals surface area contributed by atoms with Crippen molar-refractivity contribution in [3.63, 3.8) is 0 Å². The first-order chi connectivity index (χ1) is 17.9. The Morgan fingerprint density at radius 1 is 1.22 bits per heavy atom. The number of aliphatic hydroxyl groups is 1. The number of nitrogens with zero attached hydrogens (tertiary/aromatic N) is 1. The number of hydrogen-bond donors (Lipinski definition) is 4. The van der Waals surface area contributed by atoms with E-state index in [1.807, 2.05) is 36.2 Å². The Hall–Kier alpha value is -2.07. The molecule has 2 fully saturated rings. The Morgan fingerprint density at radius 3 is 2.76 bits per heavy atom. The molecule has 1 heterocycles. The largest absolute Gasteiger partial charge is 0.453 e. The lowest BCUT2D eigenvalue weighted by molar-refractivity contribution is -0.00874. The van der Waals surface area contributed by atoms with Crippen molar-refractivity contribution in [3.05, 3.63) is 34.9 Å². The first-order valence-corrected chi connectivity index (χ1v) is 13.9. The minimum atomic E-state index is -0.500. The molecule has 1 aliphatic carbocycles. The van der Waals surface area contributed by atoms with Crippen LogP contribution in [0.2, 0.25) is 5.02 Å². The van der Waals surface area contributed by atoms with Gasteiger partial charge in [0, 0.05) is 43.2 Å². The molecule has 37 heavy (non-hydrogen) atoms. The molecule has 4 N–H and O–H groups in total. The van der Waals surface area contributed by atoms with E-state index in [1.54, 1.807) is 0 Å². The number of hydrogen-bond acceptors (Lipinski definition) is 6. The van der Waals surface area contributed by atoms with Crippen molar-refractivity contribution in [2.75, 3.05) is 46.9 Å². The highest BCUT2D eigenvalue weighted by molar-refractivity contribution is 6.30. The van der Waals surface area contributed by atoms with E-state index < -0.39 is 6.09 Å². The molecule has 1 aliphatic heterocycles. The van der Waals surface area contributed by atoms with Crippen LogP contribution in [0.4, 0.5) is 9.59 Å². The van der Waals surface area contributed by atoms with Gasteiger partial charge in [-0.05, 0) is 62.8 Å². The molecular formula is C27H43ClN4O5. The lowest BCUT2D eigenvalue weighted by atomic mass is 9.82. The summed E-state index contributed by atoms with van der Waals surface area (Å²) in [6.07, 6.45) is 5.57. The monoisotopic (exact) mass is 538 g/mol. The zero-order chi connectivity index (χ0) is 26.6. The van der Waals surface area contributed by atoms with Crippen LogP contribution < -0.4 is 16.0 Å². The number of carbonyl (C=O) groups is 2. The number of piperidine rings is 1. The van der Waals surface area contributed by atoms with Gasteiger partial charge in [0.25, 0.3) is 0 Å². The van der Waals surface area contributed by atoms with Crippen molar-refractivity contribution < 1.29 is 24.2 Å².